The van der Waals surface area contributed by atoms with Gasteiger partial charge in [0.1, 0.15) is 0 Å². The first kappa shape index (κ1) is 16.1. The van der Waals surface area contributed by atoms with E-state index in [-0.39, 0.29) is 12.2 Å². The molecule has 2 aromatic carbocycles. The van der Waals surface area contributed by atoms with Gasteiger partial charge in [-0.2, -0.15) is 10.2 Å². The van der Waals surface area contributed by atoms with Crippen LogP contribution in [0.4, 0.5) is 17.1 Å². The lowest BCUT2D eigenvalue weighted by Gasteiger charge is -2.36. The van der Waals surface area contributed by atoms with Gasteiger partial charge in [0.2, 0.25) is 0 Å². The van der Waals surface area contributed by atoms with Crippen LogP contribution >= 0.6 is 15.9 Å². The molecule has 0 radical (unpaired) electrons. The predicted octanol–water partition coefficient (Wildman–Crippen LogP) is 5.48. The van der Waals surface area contributed by atoms with Gasteiger partial charge in [0.15, 0.2) is 0 Å². The molecule has 120 valence electrons. The highest BCUT2D eigenvalue weighted by atomic mass is 79.9. The summed E-state index contributed by atoms with van der Waals surface area (Å²) in [6.07, 6.45) is 0.519. The zero-order valence-electron chi connectivity index (χ0n) is 13.3. The molecule has 0 unspecified atom stereocenters. The molecule has 2 aromatic rings. The smallest absolute Gasteiger partial charge is 0.0858 e. The first-order valence-corrected chi connectivity index (χ1v) is 8.57. The van der Waals surface area contributed by atoms with Crippen molar-refractivity contribution in [3.63, 3.8) is 0 Å². The maximum absolute atomic E-state index is 5.78. The van der Waals surface area contributed by atoms with Crippen LogP contribution in [0.3, 0.4) is 0 Å². The summed E-state index contributed by atoms with van der Waals surface area (Å²) in [6, 6.07) is 16.0. The minimum atomic E-state index is 0.260. The molecule has 0 saturated carbocycles. The van der Waals surface area contributed by atoms with Gasteiger partial charge >= 0.3 is 0 Å². The molecule has 0 spiro atoms. The summed E-state index contributed by atoms with van der Waals surface area (Å²) in [5, 5.41) is 8.54. The van der Waals surface area contributed by atoms with Crippen molar-refractivity contribution in [1.82, 2.24) is 0 Å². The number of benzene rings is 2. The minimum Gasteiger partial charge on any atom is -0.372 e. The average molecular weight is 374 g/mol. The predicted molar refractivity (Wildman–Crippen MR) is 97.0 cm³/mol. The lowest BCUT2D eigenvalue weighted by molar-refractivity contribution is -0.00521. The second kappa shape index (κ2) is 7.23. The van der Waals surface area contributed by atoms with E-state index in [2.05, 4.69) is 57.0 Å². The molecule has 0 N–H and O–H groups in total. The normalized spacial score (nSPS) is 21.8. The second-order valence-electron chi connectivity index (χ2n) is 5.86. The number of ether oxygens (including phenoxy) is 1. The van der Waals surface area contributed by atoms with Gasteiger partial charge in [-0.25, -0.2) is 0 Å². The van der Waals surface area contributed by atoms with Crippen LogP contribution in [0.25, 0.3) is 0 Å². The molecule has 1 aliphatic rings. The zero-order chi connectivity index (χ0) is 16.2. The van der Waals surface area contributed by atoms with Crippen LogP contribution in [0.5, 0.6) is 0 Å². The standard InChI is InChI=1S/C18H20BrN3O/c1-13-11-22(12-14(2)23-13)18-9-7-17(8-10-18)21-20-16-5-3-15(19)4-6-16/h3-10,13-14H,11-12H2,1-2H3/t13-,14-/m0/s1. The fourth-order valence-corrected chi connectivity index (χ4v) is 3.01. The van der Waals surface area contributed by atoms with Crippen molar-refractivity contribution in [2.45, 2.75) is 26.1 Å². The molecule has 1 saturated heterocycles. The van der Waals surface area contributed by atoms with Gasteiger partial charge in [0.25, 0.3) is 0 Å². The van der Waals surface area contributed by atoms with E-state index in [0.717, 1.165) is 28.9 Å². The molecular weight excluding hydrogens is 354 g/mol. The van der Waals surface area contributed by atoms with Crippen molar-refractivity contribution in [1.29, 1.82) is 0 Å². The highest BCUT2D eigenvalue weighted by molar-refractivity contribution is 9.10. The Labute approximate surface area is 145 Å². The maximum atomic E-state index is 5.78. The number of hydrogen-bond acceptors (Lipinski definition) is 4. The van der Waals surface area contributed by atoms with Crippen molar-refractivity contribution in [2.75, 3.05) is 18.0 Å². The number of halogens is 1. The molecule has 0 amide bonds. The van der Waals surface area contributed by atoms with Crippen LogP contribution in [0.1, 0.15) is 13.8 Å². The minimum absolute atomic E-state index is 0.260. The van der Waals surface area contributed by atoms with Gasteiger partial charge in [0, 0.05) is 23.2 Å². The lowest BCUT2D eigenvalue weighted by atomic mass is 10.2. The van der Waals surface area contributed by atoms with E-state index >= 15 is 0 Å². The van der Waals surface area contributed by atoms with Crippen LogP contribution in [-0.2, 0) is 4.74 Å². The second-order valence-corrected chi connectivity index (χ2v) is 6.77. The van der Waals surface area contributed by atoms with Crippen LogP contribution in [0.2, 0.25) is 0 Å². The van der Waals surface area contributed by atoms with Crippen molar-refractivity contribution in [3.05, 3.63) is 53.0 Å². The van der Waals surface area contributed by atoms with Crippen molar-refractivity contribution < 1.29 is 4.74 Å². The highest BCUT2D eigenvalue weighted by Crippen LogP contribution is 2.25. The SMILES string of the molecule is C[C@H]1CN(c2ccc(N=Nc3ccc(Br)cc3)cc2)C[C@H](C)O1. The Morgan fingerprint density at radius 1 is 0.870 bits per heavy atom. The van der Waals surface area contributed by atoms with Crippen molar-refractivity contribution >= 4 is 33.0 Å². The third-order valence-electron chi connectivity index (χ3n) is 3.74. The first-order chi connectivity index (χ1) is 11.1. The molecule has 4 nitrogen and oxygen atoms in total. The van der Waals surface area contributed by atoms with Gasteiger partial charge in [-0.05, 0) is 62.4 Å². The first-order valence-electron chi connectivity index (χ1n) is 7.78. The number of azo groups is 1. The molecule has 23 heavy (non-hydrogen) atoms. The summed E-state index contributed by atoms with van der Waals surface area (Å²) < 4.78 is 6.82. The zero-order valence-corrected chi connectivity index (χ0v) is 14.9. The fraction of sp³-hybridized carbons (Fsp3) is 0.333. The van der Waals surface area contributed by atoms with Gasteiger partial charge in [0.05, 0.1) is 23.6 Å². The molecule has 1 fully saturated rings. The van der Waals surface area contributed by atoms with E-state index in [1.54, 1.807) is 0 Å². The average Bonchev–Trinajstić information content (AvgIpc) is 2.54. The van der Waals surface area contributed by atoms with Crippen LogP contribution in [0.15, 0.2) is 63.2 Å². The molecule has 0 aromatic heterocycles. The third-order valence-corrected chi connectivity index (χ3v) is 4.27. The van der Waals surface area contributed by atoms with Crippen LogP contribution in [-0.4, -0.2) is 25.3 Å². The van der Waals surface area contributed by atoms with E-state index in [4.69, 9.17) is 4.74 Å². The van der Waals surface area contributed by atoms with Crippen molar-refractivity contribution in [3.8, 4) is 0 Å². The molecule has 5 heteroatoms. The number of morpholine rings is 1. The molecule has 2 atom stereocenters. The third kappa shape index (κ3) is 4.39. The number of anilines is 1. The summed E-state index contributed by atoms with van der Waals surface area (Å²) in [5.41, 5.74) is 2.90. The van der Waals surface area contributed by atoms with Gasteiger partial charge in [-0.1, -0.05) is 15.9 Å². The number of hydrogen-bond donors (Lipinski definition) is 0. The van der Waals surface area contributed by atoms with Crippen LogP contribution < -0.4 is 4.90 Å². The van der Waals surface area contributed by atoms with E-state index in [0.29, 0.717) is 0 Å². The van der Waals surface area contributed by atoms with Gasteiger partial charge in [-0.15, -0.1) is 0 Å². The Kier molecular flexibility index (Phi) is 5.08. The largest absolute Gasteiger partial charge is 0.372 e. The number of nitrogens with zero attached hydrogens (tertiary/aromatic N) is 3. The molecule has 0 bridgehead atoms. The van der Waals surface area contributed by atoms with Gasteiger partial charge < -0.3 is 9.64 Å². The fourth-order valence-electron chi connectivity index (χ4n) is 2.74. The Hall–Kier alpha value is -1.72. The summed E-state index contributed by atoms with van der Waals surface area (Å²) in [7, 11) is 0. The van der Waals surface area contributed by atoms with Crippen molar-refractivity contribution in [2.24, 2.45) is 10.2 Å². The van der Waals surface area contributed by atoms with E-state index in [9.17, 15) is 0 Å². The van der Waals surface area contributed by atoms with E-state index < -0.39 is 0 Å². The van der Waals surface area contributed by atoms with E-state index in [1.807, 2.05) is 36.4 Å². The summed E-state index contributed by atoms with van der Waals surface area (Å²) in [6.45, 7) is 6.07. The Morgan fingerprint density at radius 2 is 1.35 bits per heavy atom. The summed E-state index contributed by atoms with van der Waals surface area (Å²) in [5.74, 6) is 0. The molecule has 3 rings (SSSR count). The maximum Gasteiger partial charge on any atom is 0.0858 e. The van der Waals surface area contributed by atoms with E-state index in [1.165, 1.54) is 5.69 Å². The molecular formula is C18H20BrN3O. The molecule has 1 heterocycles. The molecule has 1 aliphatic heterocycles. The summed E-state index contributed by atoms with van der Waals surface area (Å²) >= 11 is 3.41. The highest BCUT2D eigenvalue weighted by Gasteiger charge is 2.22. The van der Waals surface area contributed by atoms with Crippen LogP contribution in [0, 0.1) is 0 Å². The Balaban J connectivity index is 1.68. The quantitative estimate of drug-likeness (QED) is 0.668. The summed E-state index contributed by atoms with van der Waals surface area (Å²) in [4.78, 5) is 2.36. The Bertz CT molecular complexity index is 660. The Morgan fingerprint density at radius 3 is 1.87 bits per heavy atom. The topological polar surface area (TPSA) is 37.2 Å². The van der Waals surface area contributed by atoms with Gasteiger partial charge in [-0.3, -0.25) is 0 Å². The monoisotopic (exact) mass is 373 g/mol. The lowest BCUT2D eigenvalue weighted by Crippen LogP contribution is -2.45. The molecule has 0 aliphatic carbocycles. The number of rotatable bonds is 3.